The zero-order valence-electron chi connectivity index (χ0n) is 15.7. The van der Waals surface area contributed by atoms with Crippen LogP contribution in [0.5, 0.6) is 0 Å². The third-order valence-electron chi connectivity index (χ3n) is 5.32. The zero-order valence-corrected chi connectivity index (χ0v) is 18.6. The van der Waals surface area contributed by atoms with Crippen molar-refractivity contribution >= 4 is 17.4 Å². The summed E-state index contributed by atoms with van der Waals surface area (Å²) >= 11 is 6.37. The van der Waals surface area contributed by atoms with Gasteiger partial charge >= 0.3 is 0 Å². The van der Waals surface area contributed by atoms with E-state index in [1.54, 1.807) is 17.2 Å². The summed E-state index contributed by atoms with van der Waals surface area (Å²) in [5.74, 6) is 0.398. The smallest absolute Gasteiger partial charge is 0.152 e. The van der Waals surface area contributed by atoms with Crippen LogP contribution in [0, 0.1) is 5.82 Å². The molecule has 1 unspecified atom stereocenters. The fourth-order valence-corrected chi connectivity index (χ4v) is 4.08. The van der Waals surface area contributed by atoms with E-state index < -0.39 is 0 Å². The van der Waals surface area contributed by atoms with Gasteiger partial charge in [-0.3, -0.25) is 9.98 Å². The predicted octanol–water partition coefficient (Wildman–Crippen LogP) is -0.0781. The van der Waals surface area contributed by atoms with Gasteiger partial charge in [-0.1, -0.05) is 23.7 Å². The van der Waals surface area contributed by atoms with E-state index in [-0.39, 0.29) is 35.8 Å². The number of benzene rings is 1. The minimum Gasteiger partial charge on any atom is -1.00 e. The molecule has 2 N–H and O–H groups in total. The van der Waals surface area contributed by atoms with Gasteiger partial charge in [-0.15, -0.1) is 0 Å². The predicted molar refractivity (Wildman–Crippen MR) is 106 cm³/mol. The van der Waals surface area contributed by atoms with Crippen molar-refractivity contribution in [2.24, 2.45) is 4.99 Å². The number of hydrogen-bond acceptors (Lipinski definition) is 3. The maximum absolute atomic E-state index is 13.5. The lowest BCUT2D eigenvalue weighted by molar-refractivity contribution is -0.882. The molecule has 148 valence electrons. The molecule has 4 nitrogen and oxygen atoms in total. The average Bonchev–Trinajstić information content (AvgIpc) is 3.18. The quantitative estimate of drug-likeness (QED) is 0.563. The third kappa shape index (κ3) is 4.55. The lowest BCUT2D eigenvalue weighted by Gasteiger charge is -2.28. The van der Waals surface area contributed by atoms with Crippen molar-refractivity contribution in [2.45, 2.75) is 25.8 Å². The molecule has 2 aromatic rings. The Morgan fingerprint density at radius 3 is 2.68 bits per heavy atom. The summed E-state index contributed by atoms with van der Waals surface area (Å²) in [5.41, 5.74) is 3.90. The Balaban J connectivity index is 0.00000225. The van der Waals surface area contributed by atoms with Gasteiger partial charge in [0.15, 0.2) is 5.84 Å². The Kier molecular flexibility index (Phi) is 7.06. The lowest BCUT2D eigenvalue weighted by atomic mass is 9.96. The van der Waals surface area contributed by atoms with Gasteiger partial charge in [0.1, 0.15) is 24.1 Å². The van der Waals surface area contributed by atoms with E-state index >= 15 is 0 Å². The number of halogens is 3. The van der Waals surface area contributed by atoms with Gasteiger partial charge in [0.2, 0.25) is 0 Å². The molecule has 0 bridgehead atoms. The second-order valence-electron chi connectivity index (χ2n) is 7.18. The van der Waals surface area contributed by atoms with Crippen molar-refractivity contribution in [1.82, 2.24) is 10.3 Å². The molecule has 1 atom stereocenters. The highest BCUT2D eigenvalue weighted by Gasteiger charge is 2.28. The Hall–Kier alpha value is -1.51. The van der Waals surface area contributed by atoms with Crippen molar-refractivity contribution in [2.75, 3.05) is 19.6 Å². The number of nitrogens with one attached hydrogen (secondary N) is 2. The topological polar surface area (TPSA) is 41.7 Å². The van der Waals surface area contributed by atoms with E-state index in [1.165, 1.54) is 38.1 Å². The molecule has 0 aliphatic carbocycles. The molecule has 0 spiro atoms. The third-order valence-corrected chi connectivity index (χ3v) is 5.64. The van der Waals surface area contributed by atoms with Crippen LogP contribution in [0.3, 0.4) is 0 Å². The van der Waals surface area contributed by atoms with Crippen LogP contribution in [-0.2, 0) is 0 Å². The molecular weight excluding hydrogens is 490 g/mol. The first-order valence-electron chi connectivity index (χ1n) is 9.36. The van der Waals surface area contributed by atoms with E-state index in [0.717, 1.165) is 34.9 Å². The molecular formula is C21H23ClFIN4. The first-order valence-corrected chi connectivity index (χ1v) is 9.74. The highest BCUT2D eigenvalue weighted by Crippen LogP contribution is 2.35. The minimum absolute atomic E-state index is 0. The molecule has 4 rings (SSSR count). The van der Waals surface area contributed by atoms with Crippen molar-refractivity contribution in [3.05, 3.63) is 76.0 Å². The number of aromatic nitrogens is 1. The highest BCUT2D eigenvalue weighted by molar-refractivity contribution is 6.31. The standard InChI is InChI=1S/C21H22ClFN4.HI/c1-14-19(13-27-10-4-5-11-27)25-21(18-6-2-3-9-24-18)26-20(14)16-8-7-15(23)12-17(16)22;/h2-3,6-9,12,20H,4-5,10-11,13H2,1H3,(H,25,26);1H. The van der Waals surface area contributed by atoms with E-state index in [2.05, 4.69) is 17.2 Å². The Bertz CT molecular complexity index is 895. The molecule has 0 saturated carbocycles. The average molecular weight is 513 g/mol. The van der Waals surface area contributed by atoms with Crippen LogP contribution in [-0.4, -0.2) is 30.5 Å². The molecule has 2 aliphatic heterocycles. The van der Waals surface area contributed by atoms with Crippen LogP contribution in [0.2, 0.25) is 5.02 Å². The molecule has 1 fully saturated rings. The van der Waals surface area contributed by atoms with Crippen molar-refractivity contribution in [1.29, 1.82) is 0 Å². The van der Waals surface area contributed by atoms with E-state index in [4.69, 9.17) is 16.6 Å². The number of pyridine rings is 1. The zero-order chi connectivity index (χ0) is 18.8. The number of likely N-dealkylation sites (tertiary alicyclic amines) is 1. The summed E-state index contributed by atoms with van der Waals surface area (Å²) in [6.45, 7) is 5.39. The summed E-state index contributed by atoms with van der Waals surface area (Å²) in [4.78, 5) is 10.9. The molecule has 3 heterocycles. The molecule has 2 aliphatic rings. The fourth-order valence-electron chi connectivity index (χ4n) is 3.81. The lowest BCUT2D eigenvalue weighted by Crippen LogP contribution is -3.10. The molecule has 0 amide bonds. The van der Waals surface area contributed by atoms with Crippen LogP contribution >= 0.6 is 11.6 Å². The molecule has 7 heteroatoms. The van der Waals surface area contributed by atoms with Crippen LogP contribution in [0.4, 0.5) is 4.39 Å². The van der Waals surface area contributed by atoms with Gasteiger partial charge in [0.05, 0.1) is 18.8 Å². The Labute approximate surface area is 186 Å². The largest absolute Gasteiger partial charge is 1.00 e. The van der Waals surface area contributed by atoms with Gasteiger partial charge in [0, 0.05) is 24.1 Å². The first kappa shape index (κ1) is 21.2. The van der Waals surface area contributed by atoms with Crippen LogP contribution < -0.4 is 34.2 Å². The van der Waals surface area contributed by atoms with Gasteiger partial charge in [0.25, 0.3) is 0 Å². The van der Waals surface area contributed by atoms with Crippen LogP contribution in [0.1, 0.15) is 37.1 Å². The van der Waals surface area contributed by atoms with Gasteiger partial charge < -0.3 is 34.2 Å². The number of amidine groups is 1. The van der Waals surface area contributed by atoms with Gasteiger partial charge in [-0.2, -0.15) is 0 Å². The first-order chi connectivity index (χ1) is 13.1. The fraction of sp³-hybridized carbons (Fsp3) is 0.333. The van der Waals surface area contributed by atoms with Crippen molar-refractivity contribution in [3.8, 4) is 0 Å². The van der Waals surface area contributed by atoms with Gasteiger partial charge in [-0.05, 0) is 42.3 Å². The van der Waals surface area contributed by atoms with E-state index in [9.17, 15) is 4.39 Å². The minimum atomic E-state index is -0.338. The number of rotatable bonds is 4. The highest BCUT2D eigenvalue weighted by atomic mass is 127. The number of hydrogen-bond donors (Lipinski definition) is 2. The second kappa shape index (κ2) is 9.33. The van der Waals surface area contributed by atoms with E-state index in [0.29, 0.717) is 5.02 Å². The van der Waals surface area contributed by atoms with Gasteiger partial charge in [-0.25, -0.2) is 4.39 Å². The van der Waals surface area contributed by atoms with Crippen LogP contribution in [0.25, 0.3) is 0 Å². The summed E-state index contributed by atoms with van der Waals surface area (Å²) in [7, 11) is 0. The molecule has 0 radical (unpaired) electrons. The van der Waals surface area contributed by atoms with E-state index in [1.807, 2.05) is 18.2 Å². The number of aliphatic imine (C=N–C) groups is 1. The summed E-state index contributed by atoms with van der Waals surface area (Å²) in [6, 6.07) is 10.1. The summed E-state index contributed by atoms with van der Waals surface area (Å²) in [5, 5.41) is 3.91. The molecule has 1 saturated heterocycles. The Morgan fingerprint density at radius 1 is 1.21 bits per heavy atom. The second-order valence-corrected chi connectivity index (χ2v) is 7.59. The maximum Gasteiger partial charge on any atom is 0.152 e. The normalized spacial score (nSPS) is 19.8. The maximum atomic E-state index is 13.5. The van der Waals surface area contributed by atoms with Crippen molar-refractivity contribution in [3.63, 3.8) is 0 Å². The molecule has 1 aromatic carbocycles. The Morgan fingerprint density at radius 2 is 2.00 bits per heavy atom. The van der Waals surface area contributed by atoms with Crippen molar-refractivity contribution < 1.29 is 33.3 Å². The SMILES string of the molecule is CC1=C(C[NH+]2CCCC2)NC(c2ccccn2)=NC1c1ccc(F)cc1Cl.[I-]. The summed E-state index contributed by atoms with van der Waals surface area (Å²) < 4.78 is 13.5. The molecule has 28 heavy (non-hydrogen) atoms. The molecule has 1 aromatic heterocycles. The number of quaternary nitrogens is 1. The van der Waals surface area contributed by atoms with Crippen LogP contribution in [0.15, 0.2) is 58.9 Å². The summed E-state index contributed by atoms with van der Waals surface area (Å²) in [6.07, 6.45) is 4.31. The number of nitrogens with zero attached hydrogens (tertiary/aromatic N) is 2. The monoisotopic (exact) mass is 512 g/mol.